The Balaban J connectivity index is 2.45. The summed E-state index contributed by atoms with van der Waals surface area (Å²) in [6.07, 6.45) is 3.00. The summed E-state index contributed by atoms with van der Waals surface area (Å²) in [5.41, 5.74) is 0.0697. The van der Waals surface area contributed by atoms with E-state index in [0.717, 1.165) is 25.9 Å². The first kappa shape index (κ1) is 15.9. The molecule has 1 fully saturated rings. The zero-order valence-electron chi connectivity index (χ0n) is 12.2. The van der Waals surface area contributed by atoms with Gasteiger partial charge < -0.3 is 5.32 Å². The zero-order chi connectivity index (χ0) is 13.8. The molecule has 0 aromatic heterocycles. The number of nitrogens with zero attached hydrogens (tertiary/aromatic N) is 1. The van der Waals surface area contributed by atoms with Crippen LogP contribution in [0.1, 0.15) is 40.0 Å². The van der Waals surface area contributed by atoms with Crippen molar-refractivity contribution in [2.45, 2.75) is 40.0 Å². The molecular weight excluding hydrogens is 248 g/mol. The van der Waals surface area contributed by atoms with E-state index in [-0.39, 0.29) is 11.2 Å². The van der Waals surface area contributed by atoms with Gasteiger partial charge in [0, 0.05) is 13.6 Å². The smallest absolute Gasteiger partial charge is 0.213 e. The lowest BCUT2D eigenvalue weighted by molar-refractivity contribution is 0.312. The molecule has 1 unspecified atom stereocenters. The van der Waals surface area contributed by atoms with E-state index < -0.39 is 10.0 Å². The van der Waals surface area contributed by atoms with Gasteiger partial charge in [0.05, 0.1) is 5.75 Å². The number of hydrogen-bond donors (Lipinski definition) is 1. The highest BCUT2D eigenvalue weighted by atomic mass is 32.2. The summed E-state index contributed by atoms with van der Waals surface area (Å²) in [6, 6.07) is 0. The van der Waals surface area contributed by atoms with Gasteiger partial charge in [0.25, 0.3) is 0 Å². The van der Waals surface area contributed by atoms with Gasteiger partial charge in [-0.05, 0) is 43.7 Å². The normalized spacial score (nSPS) is 22.4. The second-order valence-corrected chi connectivity index (χ2v) is 8.81. The minimum absolute atomic E-state index is 0.0697. The number of hydrogen-bond acceptors (Lipinski definition) is 3. The molecule has 1 rings (SSSR count). The molecule has 18 heavy (non-hydrogen) atoms. The lowest BCUT2D eigenvalue weighted by atomic mass is 9.94. The van der Waals surface area contributed by atoms with Crippen LogP contribution in [0.25, 0.3) is 0 Å². The molecule has 1 heterocycles. The lowest BCUT2D eigenvalue weighted by Gasteiger charge is -2.28. The molecule has 0 amide bonds. The Morgan fingerprint density at radius 2 is 2.00 bits per heavy atom. The van der Waals surface area contributed by atoms with Gasteiger partial charge in [0.2, 0.25) is 10.0 Å². The highest BCUT2D eigenvalue weighted by Gasteiger charge is 2.24. The fourth-order valence-corrected chi connectivity index (χ4v) is 3.77. The van der Waals surface area contributed by atoms with Crippen LogP contribution in [0.2, 0.25) is 0 Å². The summed E-state index contributed by atoms with van der Waals surface area (Å²) in [4.78, 5) is 0. The number of sulfonamides is 1. The van der Waals surface area contributed by atoms with Gasteiger partial charge in [-0.1, -0.05) is 20.8 Å². The van der Waals surface area contributed by atoms with E-state index in [2.05, 4.69) is 26.1 Å². The Morgan fingerprint density at radius 1 is 1.33 bits per heavy atom. The number of nitrogens with one attached hydrogen (secondary N) is 1. The van der Waals surface area contributed by atoms with Crippen molar-refractivity contribution in [3.05, 3.63) is 0 Å². The van der Waals surface area contributed by atoms with Crippen LogP contribution in [0.15, 0.2) is 0 Å². The molecule has 1 aliphatic rings. The van der Waals surface area contributed by atoms with Crippen molar-refractivity contribution in [1.29, 1.82) is 0 Å². The molecule has 0 aromatic rings. The first-order valence-corrected chi connectivity index (χ1v) is 8.46. The maximum atomic E-state index is 12.2. The standard InChI is InChI=1S/C13H28N2O2S/c1-13(2,3)7-9-18(16,17)15(4)11-12-6-5-8-14-10-12/h12,14H,5-11H2,1-4H3. The van der Waals surface area contributed by atoms with E-state index in [4.69, 9.17) is 0 Å². The van der Waals surface area contributed by atoms with Crippen LogP contribution >= 0.6 is 0 Å². The van der Waals surface area contributed by atoms with Gasteiger partial charge in [-0.25, -0.2) is 12.7 Å². The largest absolute Gasteiger partial charge is 0.316 e. The van der Waals surface area contributed by atoms with Crippen LogP contribution in [0.3, 0.4) is 0 Å². The number of rotatable bonds is 5. The third-order valence-electron chi connectivity index (χ3n) is 3.50. The van der Waals surface area contributed by atoms with Crippen LogP contribution in [-0.4, -0.2) is 45.2 Å². The third-order valence-corrected chi connectivity index (χ3v) is 5.32. The van der Waals surface area contributed by atoms with Crippen LogP contribution in [0, 0.1) is 11.3 Å². The SMILES string of the molecule is CN(CC1CCCNC1)S(=O)(=O)CCC(C)(C)C. The summed E-state index contributed by atoms with van der Waals surface area (Å²) >= 11 is 0. The first-order valence-electron chi connectivity index (χ1n) is 6.85. The van der Waals surface area contributed by atoms with Crippen molar-refractivity contribution in [2.75, 3.05) is 32.4 Å². The quantitative estimate of drug-likeness (QED) is 0.831. The molecule has 0 spiro atoms. The van der Waals surface area contributed by atoms with Gasteiger partial charge in [-0.15, -0.1) is 0 Å². The van der Waals surface area contributed by atoms with Gasteiger partial charge in [0.15, 0.2) is 0 Å². The molecule has 1 aliphatic heterocycles. The van der Waals surface area contributed by atoms with E-state index in [0.29, 0.717) is 18.9 Å². The fraction of sp³-hybridized carbons (Fsp3) is 1.00. The average molecular weight is 276 g/mol. The predicted molar refractivity (Wildman–Crippen MR) is 76.1 cm³/mol. The minimum atomic E-state index is -3.09. The molecule has 4 nitrogen and oxygen atoms in total. The summed E-state index contributed by atoms with van der Waals surface area (Å²) in [7, 11) is -1.37. The van der Waals surface area contributed by atoms with Gasteiger partial charge in [-0.3, -0.25) is 0 Å². The zero-order valence-corrected chi connectivity index (χ0v) is 13.0. The van der Waals surface area contributed by atoms with E-state index >= 15 is 0 Å². The molecule has 108 valence electrons. The van der Waals surface area contributed by atoms with E-state index in [1.165, 1.54) is 0 Å². The second-order valence-electron chi connectivity index (χ2n) is 6.62. The maximum absolute atomic E-state index is 12.2. The van der Waals surface area contributed by atoms with Crippen molar-refractivity contribution >= 4 is 10.0 Å². The average Bonchev–Trinajstić information content (AvgIpc) is 2.27. The molecule has 0 aromatic carbocycles. The predicted octanol–water partition coefficient (Wildman–Crippen LogP) is 1.68. The summed E-state index contributed by atoms with van der Waals surface area (Å²) in [6.45, 7) is 8.89. The molecular formula is C13H28N2O2S. The van der Waals surface area contributed by atoms with Gasteiger partial charge >= 0.3 is 0 Å². The summed E-state index contributed by atoms with van der Waals surface area (Å²) < 4.78 is 25.9. The monoisotopic (exact) mass is 276 g/mol. The van der Waals surface area contributed by atoms with E-state index in [9.17, 15) is 8.42 Å². The van der Waals surface area contributed by atoms with Gasteiger partial charge in [0.1, 0.15) is 0 Å². The topological polar surface area (TPSA) is 49.4 Å². The third kappa shape index (κ3) is 5.67. The van der Waals surface area contributed by atoms with Crippen molar-refractivity contribution < 1.29 is 8.42 Å². The van der Waals surface area contributed by atoms with E-state index in [1.807, 2.05) is 0 Å². The Morgan fingerprint density at radius 3 is 2.50 bits per heavy atom. The number of piperidine rings is 1. The van der Waals surface area contributed by atoms with E-state index in [1.54, 1.807) is 11.4 Å². The highest BCUT2D eigenvalue weighted by molar-refractivity contribution is 7.89. The second kappa shape index (κ2) is 6.35. The summed E-state index contributed by atoms with van der Waals surface area (Å²) in [5, 5.41) is 3.33. The molecule has 5 heteroatoms. The van der Waals surface area contributed by atoms with Crippen molar-refractivity contribution in [3.8, 4) is 0 Å². The molecule has 0 bridgehead atoms. The minimum Gasteiger partial charge on any atom is -0.316 e. The molecule has 1 saturated heterocycles. The van der Waals surface area contributed by atoms with Crippen molar-refractivity contribution in [1.82, 2.24) is 9.62 Å². The first-order chi connectivity index (χ1) is 8.21. The molecule has 1 N–H and O–H groups in total. The highest BCUT2D eigenvalue weighted by Crippen LogP contribution is 2.21. The molecule has 1 atom stereocenters. The Kier molecular flexibility index (Phi) is 5.62. The Bertz CT molecular complexity index is 340. The summed E-state index contributed by atoms with van der Waals surface area (Å²) in [5.74, 6) is 0.723. The molecule has 0 aliphatic carbocycles. The van der Waals surface area contributed by atoms with Crippen molar-refractivity contribution in [3.63, 3.8) is 0 Å². The van der Waals surface area contributed by atoms with Crippen LogP contribution in [-0.2, 0) is 10.0 Å². The Hall–Kier alpha value is -0.130. The lowest BCUT2D eigenvalue weighted by Crippen LogP contribution is -2.40. The maximum Gasteiger partial charge on any atom is 0.213 e. The Labute approximate surface area is 112 Å². The molecule has 0 radical (unpaired) electrons. The van der Waals surface area contributed by atoms with Gasteiger partial charge in [-0.2, -0.15) is 0 Å². The van der Waals surface area contributed by atoms with Crippen LogP contribution in [0.5, 0.6) is 0 Å². The van der Waals surface area contributed by atoms with Crippen molar-refractivity contribution in [2.24, 2.45) is 11.3 Å². The molecule has 0 saturated carbocycles. The van der Waals surface area contributed by atoms with Crippen LogP contribution < -0.4 is 5.32 Å². The van der Waals surface area contributed by atoms with Crippen LogP contribution in [0.4, 0.5) is 0 Å². The fourth-order valence-electron chi connectivity index (χ4n) is 2.15.